The Bertz CT molecular complexity index is 659. The molecule has 1 aromatic carbocycles. The van der Waals surface area contributed by atoms with Crippen molar-refractivity contribution in [1.29, 1.82) is 0 Å². The van der Waals surface area contributed by atoms with Gasteiger partial charge in [0.25, 0.3) is 0 Å². The lowest BCUT2D eigenvalue weighted by atomic mass is 10.0. The molecule has 1 N–H and O–H groups in total. The molecule has 1 atom stereocenters. The van der Waals surface area contributed by atoms with Crippen LogP contribution in [0, 0.1) is 0 Å². The van der Waals surface area contributed by atoms with E-state index in [-0.39, 0.29) is 5.60 Å². The lowest BCUT2D eigenvalue weighted by Gasteiger charge is -2.01. The third kappa shape index (κ3) is 2.66. The molecule has 1 aliphatic heterocycles. The molecule has 0 amide bonds. The van der Waals surface area contributed by atoms with Crippen LogP contribution in [0.4, 0.5) is 0 Å². The van der Waals surface area contributed by atoms with Gasteiger partial charge in [-0.15, -0.1) is 0 Å². The highest BCUT2D eigenvalue weighted by Crippen LogP contribution is 2.38. The zero-order chi connectivity index (χ0) is 14.3. The van der Waals surface area contributed by atoms with Crippen LogP contribution in [0.2, 0.25) is 0 Å². The van der Waals surface area contributed by atoms with Crippen molar-refractivity contribution in [3.63, 3.8) is 0 Å². The first-order valence-corrected chi connectivity index (χ1v) is 7.36. The Kier molecular flexibility index (Phi) is 3.21. The normalized spacial score (nSPS) is 20.1. The Morgan fingerprint density at radius 1 is 1.35 bits per heavy atom. The minimum Gasteiger partial charge on any atom is -0.366 e. The van der Waals surface area contributed by atoms with Gasteiger partial charge in [0, 0.05) is 23.5 Å². The van der Waals surface area contributed by atoms with Crippen LogP contribution in [0.5, 0.6) is 0 Å². The predicted octanol–water partition coefficient (Wildman–Crippen LogP) is 4.40. The molecule has 0 unspecified atom stereocenters. The van der Waals surface area contributed by atoms with Gasteiger partial charge in [-0.3, -0.25) is 0 Å². The van der Waals surface area contributed by atoms with Gasteiger partial charge in [0.15, 0.2) is 0 Å². The lowest BCUT2D eigenvalue weighted by molar-refractivity contribution is 0.323. The van der Waals surface area contributed by atoms with Gasteiger partial charge in [0.05, 0.1) is 11.7 Å². The highest BCUT2D eigenvalue weighted by atomic mass is 16.6. The molecule has 1 saturated heterocycles. The number of rotatable bonds is 4. The number of allylic oxidation sites excluding steroid dienone is 2. The van der Waals surface area contributed by atoms with E-state index in [2.05, 4.69) is 63.2 Å². The van der Waals surface area contributed by atoms with E-state index in [1.54, 1.807) is 0 Å². The maximum absolute atomic E-state index is 5.69. The number of aromatic nitrogens is 1. The van der Waals surface area contributed by atoms with Crippen LogP contribution in [0.1, 0.15) is 38.8 Å². The summed E-state index contributed by atoms with van der Waals surface area (Å²) in [6.07, 6.45) is 6.77. The summed E-state index contributed by atoms with van der Waals surface area (Å²) in [5, 5.41) is 1.33. The van der Waals surface area contributed by atoms with Crippen LogP contribution < -0.4 is 0 Å². The first-order chi connectivity index (χ1) is 9.45. The van der Waals surface area contributed by atoms with Gasteiger partial charge in [-0.2, -0.15) is 0 Å². The molecular weight excluding hydrogens is 246 g/mol. The number of ether oxygens (including phenoxy) is 1. The summed E-state index contributed by atoms with van der Waals surface area (Å²) in [7, 11) is 0. The molecule has 20 heavy (non-hydrogen) atoms. The van der Waals surface area contributed by atoms with Crippen LogP contribution in [-0.2, 0) is 17.6 Å². The summed E-state index contributed by atoms with van der Waals surface area (Å²) in [6, 6.07) is 6.74. The van der Waals surface area contributed by atoms with Gasteiger partial charge >= 0.3 is 0 Å². The third-order valence-corrected chi connectivity index (χ3v) is 4.15. The fraction of sp³-hybridized carbons (Fsp3) is 0.444. The van der Waals surface area contributed by atoms with E-state index in [9.17, 15) is 0 Å². The lowest BCUT2D eigenvalue weighted by Crippen LogP contribution is -2.05. The molecule has 2 nitrogen and oxygen atoms in total. The summed E-state index contributed by atoms with van der Waals surface area (Å²) in [5.41, 5.74) is 5.38. The van der Waals surface area contributed by atoms with E-state index >= 15 is 0 Å². The van der Waals surface area contributed by atoms with E-state index in [1.807, 2.05) is 0 Å². The maximum atomic E-state index is 5.69. The van der Waals surface area contributed by atoms with E-state index in [0.717, 1.165) is 12.8 Å². The predicted molar refractivity (Wildman–Crippen MR) is 84.1 cm³/mol. The molecule has 1 aromatic heterocycles. The fourth-order valence-electron chi connectivity index (χ4n) is 2.67. The smallest absolute Gasteiger partial charge is 0.0908 e. The topological polar surface area (TPSA) is 28.3 Å². The summed E-state index contributed by atoms with van der Waals surface area (Å²) in [5.74, 6) is 0. The summed E-state index contributed by atoms with van der Waals surface area (Å²) < 4.78 is 5.69. The molecule has 1 aliphatic rings. The van der Waals surface area contributed by atoms with E-state index in [1.165, 1.54) is 27.6 Å². The summed E-state index contributed by atoms with van der Waals surface area (Å²) in [6.45, 7) is 8.60. The largest absolute Gasteiger partial charge is 0.366 e. The molecule has 0 radical (unpaired) electrons. The zero-order valence-corrected chi connectivity index (χ0v) is 12.8. The van der Waals surface area contributed by atoms with Crippen molar-refractivity contribution in [1.82, 2.24) is 4.98 Å². The number of epoxide rings is 1. The fourth-order valence-corrected chi connectivity index (χ4v) is 2.67. The van der Waals surface area contributed by atoms with Crippen LogP contribution in [0.15, 0.2) is 36.0 Å². The summed E-state index contributed by atoms with van der Waals surface area (Å²) in [4.78, 5) is 3.40. The van der Waals surface area contributed by atoms with Crippen LogP contribution in [0.25, 0.3) is 10.9 Å². The maximum Gasteiger partial charge on any atom is 0.0908 e. The Balaban J connectivity index is 1.81. The Morgan fingerprint density at radius 3 is 2.75 bits per heavy atom. The van der Waals surface area contributed by atoms with Gasteiger partial charge in [-0.25, -0.2) is 0 Å². The van der Waals surface area contributed by atoms with Crippen molar-refractivity contribution in [2.75, 3.05) is 0 Å². The third-order valence-electron chi connectivity index (χ3n) is 4.15. The molecule has 2 heterocycles. The van der Waals surface area contributed by atoms with Crippen molar-refractivity contribution >= 4 is 10.9 Å². The first kappa shape index (κ1) is 13.4. The Morgan fingerprint density at radius 2 is 2.10 bits per heavy atom. The average molecular weight is 269 g/mol. The molecule has 1 fully saturated rings. The highest BCUT2D eigenvalue weighted by Gasteiger charge is 2.47. The summed E-state index contributed by atoms with van der Waals surface area (Å²) >= 11 is 0. The second-order valence-corrected chi connectivity index (χ2v) is 6.59. The second-order valence-electron chi connectivity index (χ2n) is 6.59. The molecule has 0 saturated carbocycles. The van der Waals surface area contributed by atoms with Crippen LogP contribution >= 0.6 is 0 Å². The molecule has 2 heteroatoms. The molecular formula is C18H23NO. The number of nitrogens with one attached hydrogen (secondary N) is 1. The van der Waals surface area contributed by atoms with Crippen molar-refractivity contribution < 1.29 is 4.74 Å². The quantitative estimate of drug-likeness (QED) is 0.647. The zero-order valence-electron chi connectivity index (χ0n) is 12.8. The SMILES string of the molecule is CC(C)=CCc1ccc2c(C[C@H]3OC3(C)C)c[nH]c2c1. The van der Waals surface area contributed by atoms with E-state index in [4.69, 9.17) is 4.74 Å². The number of fused-ring (bicyclic) bond motifs is 1. The number of H-pyrrole nitrogens is 1. The van der Waals surface area contributed by atoms with Gasteiger partial charge in [-0.1, -0.05) is 23.8 Å². The Labute approximate surface area is 120 Å². The monoisotopic (exact) mass is 269 g/mol. The second kappa shape index (κ2) is 4.78. The molecule has 106 valence electrons. The molecule has 3 rings (SSSR count). The van der Waals surface area contributed by atoms with Crippen LogP contribution in [-0.4, -0.2) is 16.7 Å². The van der Waals surface area contributed by atoms with Crippen LogP contribution in [0.3, 0.4) is 0 Å². The Hall–Kier alpha value is -1.54. The van der Waals surface area contributed by atoms with Crippen molar-refractivity contribution in [3.8, 4) is 0 Å². The number of aromatic amines is 1. The van der Waals surface area contributed by atoms with Gasteiger partial charge in [0.2, 0.25) is 0 Å². The number of hydrogen-bond donors (Lipinski definition) is 1. The molecule has 2 aromatic rings. The van der Waals surface area contributed by atoms with Gasteiger partial charge in [-0.05, 0) is 51.3 Å². The number of hydrogen-bond acceptors (Lipinski definition) is 1. The average Bonchev–Trinajstić information content (AvgIpc) is 2.81. The minimum absolute atomic E-state index is 0.0625. The van der Waals surface area contributed by atoms with Gasteiger partial charge < -0.3 is 9.72 Å². The molecule has 0 bridgehead atoms. The highest BCUT2D eigenvalue weighted by molar-refractivity contribution is 5.84. The standard InChI is InChI=1S/C18H23NO/c1-12(2)5-6-13-7-8-15-14(11-19-16(15)9-13)10-17-18(3,4)20-17/h5,7-9,11,17,19H,6,10H2,1-4H3/t17-/m1/s1. The molecule has 0 spiro atoms. The number of benzene rings is 1. The van der Waals surface area contributed by atoms with Crippen molar-refractivity contribution in [3.05, 3.63) is 47.2 Å². The van der Waals surface area contributed by atoms with Crippen molar-refractivity contribution in [2.45, 2.75) is 52.2 Å². The van der Waals surface area contributed by atoms with Gasteiger partial charge in [0.1, 0.15) is 0 Å². The molecule has 0 aliphatic carbocycles. The van der Waals surface area contributed by atoms with E-state index < -0.39 is 0 Å². The minimum atomic E-state index is 0.0625. The first-order valence-electron chi connectivity index (χ1n) is 7.36. The van der Waals surface area contributed by atoms with Crippen molar-refractivity contribution in [2.24, 2.45) is 0 Å². The van der Waals surface area contributed by atoms with E-state index in [0.29, 0.717) is 6.10 Å².